The van der Waals surface area contributed by atoms with Crippen LogP contribution < -0.4 is 0 Å². The van der Waals surface area contributed by atoms with Gasteiger partial charge in [0, 0.05) is 13.2 Å². The molecule has 8 nitrogen and oxygen atoms in total. The first-order valence-electron chi connectivity index (χ1n) is 9.39. The third-order valence-electron chi connectivity index (χ3n) is 2.13. The first-order chi connectivity index (χ1) is 12.9. The zero-order valence-corrected chi connectivity index (χ0v) is 18.7. The molecule has 0 rings (SSSR count). The van der Waals surface area contributed by atoms with Gasteiger partial charge in [-0.05, 0) is 39.5 Å². The topological polar surface area (TPSA) is 127 Å². The number of aliphatic hydroxyl groups is 2. The Hall–Kier alpha value is -1.80. The summed E-state index contributed by atoms with van der Waals surface area (Å²) in [6, 6.07) is 0. The van der Waals surface area contributed by atoms with Gasteiger partial charge in [0.2, 0.25) is 0 Å². The summed E-state index contributed by atoms with van der Waals surface area (Å²) < 4.78 is 8.99. The Balaban J connectivity index is -0.000000143. The normalized spacial score (nSPS) is 9.00. The number of hydrogen-bond donors (Lipinski definition) is 2. The molecule has 0 fully saturated rings. The second-order valence-corrected chi connectivity index (χ2v) is 6.52. The van der Waals surface area contributed by atoms with E-state index in [0.29, 0.717) is 38.3 Å². The molecule has 0 amide bonds. The van der Waals surface area contributed by atoms with Crippen LogP contribution in [0.4, 0.5) is 0 Å². The van der Waals surface area contributed by atoms with Crippen LogP contribution in [0.15, 0.2) is 0 Å². The molecule has 0 bridgehead atoms. The number of aliphatic hydroxyl groups excluding tert-OH is 2. The van der Waals surface area contributed by atoms with Crippen LogP contribution in [0.3, 0.4) is 0 Å². The fraction of sp³-hybridized carbons (Fsp3) is 0.800. The van der Waals surface area contributed by atoms with Crippen molar-refractivity contribution >= 4 is 23.5 Å². The third-order valence-corrected chi connectivity index (χ3v) is 2.13. The van der Waals surface area contributed by atoms with Crippen LogP contribution in [-0.2, 0) is 28.7 Å². The molecule has 168 valence electrons. The van der Waals surface area contributed by atoms with E-state index >= 15 is 0 Å². The Kier molecular flexibility index (Phi) is 30.4. The van der Waals surface area contributed by atoms with Crippen LogP contribution in [0.1, 0.15) is 68.2 Å². The molecule has 0 saturated heterocycles. The SMILES string of the molecule is CC(C)CO.CC(C)CO.CCOC(=O)CC(C)=O.CCOC(=O)CC(C)=O. The number of Topliss-reactive ketones (excluding diaryl/α,β-unsaturated/α-hetero) is 2. The first kappa shape index (κ1) is 33.8. The van der Waals surface area contributed by atoms with Crippen molar-refractivity contribution in [1.29, 1.82) is 0 Å². The van der Waals surface area contributed by atoms with Crippen molar-refractivity contribution in [3.05, 3.63) is 0 Å². The summed E-state index contributed by atoms with van der Waals surface area (Å²) in [6.07, 6.45) is -0.207. The summed E-state index contributed by atoms with van der Waals surface area (Å²) in [6.45, 7) is 15.3. The van der Waals surface area contributed by atoms with Gasteiger partial charge in [-0.2, -0.15) is 0 Å². The molecule has 0 aromatic rings. The van der Waals surface area contributed by atoms with E-state index in [1.54, 1.807) is 13.8 Å². The Morgan fingerprint density at radius 1 is 0.679 bits per heavy atom. The van der Waals surface area contributed by atoms with Crippen LogP contribution in [0, 0.1) is 11.8 Å². The lowest BCUT2D eigenvalue weighted by molar-refractivity contribution is -0.146. The van der Waals surface area contributed by atoms with Crippen molar-refractivity contribution < 1.29 is 38.9 Å². The van der Waals surface area contributed by atoms with Crippen molar-refractivity contribution in [2.45, 2.75) is 68.2 Å². The predicted molar refractivity (Wildman–Crippen MR) is 108 cm³/mol. The average molecular weight is 409 g/mol. The fourth-order valence-corrected chi connectivity index (χ4v) is 0.831. The summed E-state index contributed by atoms with van der Waals surface area (Å²) in [5.41, 5.74) is 0. The van der Waals surface area contributed by atoms with Gasteiger partial charge >= 0.3 is 11.9 Å². The Bertz CT molecular complexity index is 365. The highest BCUT2D eigenvalue weighted by molar-refractivity contribution is 5.94. The predicted octanol–water partition coefficient (Wildman–Crippen LogP) is 2.33. The smallest absolute Gasteiger partial charge is 0.313 e. The Morgan fingerprint density at radius 3 is 1.00 bits per heavy atom. The number of ketones is 2. The molecular weight excluding hydrogens is 368 g/mol. The van der Waals surface area contributed by atoms with Crippen LogP contribution in [0.2, 0.25) is 0 Å². The van der Waals surface area contributed by atoms with Gasteiger partial charge in [0.1, 0.15) is 24.4 Å². The van der Waals surface area contributed by atoms with Crippen molar-refractivity contribution in [2.24, 2.45) is 11.8 Å². The maximum Gasteiger partial charge on any atom is 0.313 e. The maximum absolute atomic E-state index is 10.4. The molecule has 0 radical (unpaired) electrons. The molecule has 0 heterocycles. The van der Waals surface area contributed by atoms with E-state index < -0.39 is 11.9 Å². The maximum atomic E-state index is 10.4. The van der Waals surface area contributed by atoms with Gasteiger partial charge in [-0.1, -0.05) is 27.7 Å². The highest BCUT2D eigenvalue weighted by Crippen LogP contribution is 1.87. The van der Waals surface area contributed by atoms with E-state index in [-0.39, 0.29) is 24.4 Å². The quantitative estimate of drug-likeness (QED) is 0.463. The second-order valence-electron chi connectivity index (χ2n) is 6.52. The molecule has 0 aromatic heterocycles. The van der Waals surface area contributed by atoms with E-state index in [1.807, 2.05) is 27.7 Å². The van der Waals surface area contributed by atoms with Crippen molar-refractivity contribution in [2.75, 3.05) is 26.4 Å². The molecule has 0 aliphatic carbocycles. The van der Waals surface area contributed by atoms with E-state index in [0.717, 1.165) is 0 Å². The van der Waals surface area contributed by atoms with Crippen molar-refractivity contribution in [1.82, 2.24) is 0 Å². The molecule has 0 unspecified atom stereocenters. The average Bonchev–Trinajstić information content (AvgIpc) is 2.55. The number of carbonyl (C=O) groups is 4. The molecule has 0 aliphatic rings. The minimum Gasteiger partial charge on any atom is -0.466 e. The largest absolute Gasteiger partial charge is 0.466 e. The van der Waals surface area contributed by atoms with E-state index in [9.17, 15) is 19.2 Å². The number of hydrogen-bond acceptors (Lipinski definition) is 8. The van der Waals surface area contributed by atoms with Gasteiger partial charge in [-0.3, -0.25) is 19.2 Å². The van der Waals surface area contributed by atoms with Crippen molar-refractivity contribution in [3.63, 3.8) is 0 Å². The van der Waals surface area contributed by atoms with E-state index in [4.69, 9.17) is 10.2 Å². The standard InChI is InChI=1S/2C6H10O3.2C4H10O/c2*1-3-9-6(8)4-5(2)7;2*1-4(2)3-5/h2*3-4H2,1-2H3;2*4-5H,3H2,1-2H3. The van der Waals surface area contributed by atoms with Gasteiger partial charge < -0.3 is 19.7 Å². The van der Waals surface area contributed by atoms with Gasteiger partial charge in [0.05, 0.1) is 13.2 Å². The molecule has 28 heavy (non-hydrogen) atoms. The summed E-state index contributed by atoms with van der Waals surface area (Å²) in [7, 11) is 0. The zero-order chi connectivity index (χ0) is 23.1. The van der Waals surface area contributed by atoms with Gasteiger partial charge in [-0.15, -0.1) is 0 Å². The van der Waals surface area contributed by atoms with Crippen LogP contribution in [0.5, 0.6) is 0 Å². The summed E-state index contributed by atoms with van der Waals surface area (Å²) in [5.74, 6) is -0.318. The van der Waals surface area contributed by atoms with Crippen molar-refractivity contribution in [3.8, 4) is 0 Å². The van der Waals surface area contributed by atoms with Crippen LogP contribution in [0.25, 0.3) is 0 Å². The van der Waals surface area contributed by atoms with Gasteiger partial charge in [-0.25, -0.2) is 0 Å². The fourth-order valence-electron chi connectivity index (χ4n) is 0.831. The Morgan fingerprint density at radius 2 is 0.893 bits per heavy atom. The van der Waals surface area contributed by atoms with Crippen LogP contribution in [-0.4, -0.2) is 60.1 Å². The molecule has 8 heteroatoms. The lowest BCUT2D eigenvalue weighted by Crippen LogP contribution is -2.07. The summed E-state index contributed by atoms with van der Waals surface area (Å²) in [4.78, 5) is 41.3. The number of carbonyl (C=O) groups excluding carboxylic acids is 4. The minimum absolute atomic E-state index is 0.103. The lowest BCUT2D eigenvalue weighted by Gasteiger charge is -1.96. The highest BCUT2D eigenvalue weighted by atomic mass is 16.5. The second kappa shape index (κ2) is 25.2. The number of ether oxygens (including phenoxy) is 2. The molecule has 0 aliphatic heterocycles. The molecule has 0 atom stereocenters. The molecular formula is C20H40O8. The van der Waals surface area contributed by atoms with E-state index in [2.05, 4.69) is 9.47 Å². The summed E-state index contributed by atoms with van der Waals surface area (Å²) in [5, 5.41) is 16.3. The summed E-state index contributed by atoms with van der Waals surface area (Å²) >= 11 is 0. The molecule has 0 aromatic carbocycles. The Labute approximate surface area is 169 Å². The zero-order valence-electron chi connectivity index (χ0n) is 18.7. The lowest BCUT2D eigenvalue weighted by atomic mass is 10.2. The first-order valence-corrected chi connectivity index (χ1v) is 9.39. The van der Waals surface area contributed by atoms with Gasteiger partial charge in [0.15, 0.2) is 0 Å². The highest BCUT2D eigenvalue weighted by Gasteiger charge is 2.04. The third kappa shape index (κ3) is 49.6. The molecule has 2 N–H and O–H groups in total. The van der Waals surface area contributed by atoms with E-state index in [1.165, 1.54) is 13.8 Å². The number of esters is 2. The minimum atomic E-state index is -0.440. The number of rotatable bonds is 8. The monoisotopic (exact) mass is 408 g/mol. The molecule has 0 spiro atoms. The van der Waals surface area contributed by atoms with Gasteiger partial charge in [0.25, 0.3) is 0 Å². The van der Waals surface area contributed by atoms with Crippen LogP contribution >= 0.6 is 0 Å². The molecule has 0 saturated carbocycles.